The second-order valence-corrected chi connectivity index (χ2v) is 10.3. The molecule has 1 saturated heterocycles. The van der Waals surface area contributed by atoms with Gasteiger partial charge in [0.15, 0.2) is 0 Å². The number of halogens is 1. The zero-order chi connectivity index (χ0) is 25.5. The summed E-state index contributed by atoms with van der Waals surface area (Å²) < 4.78 is 26.4. The highest BCUT2D eigenvalue weighted by Crippen LogP contribution is 2.33. The van der Waals surface area contributed by atoms with E-state index >= 15 is 0 Å². The fraction of sp³-hybridized carbons (Fsp3) is 0.310. The van der Waals surface area contributed by atoms with E-state index in [1.54, 1.807) is 17.5 Å². The molecule has 0 radical (unpaired) electrons. The van der Waals surface area contributed by atoms with Crippen molar-refractivity contribution in [2.24, 2.45) is 0 Å². The average Bonchev–Trinajstić information content (AvgIpc) is 2.87. The van der Waals surface area contributed by atoms with Gasteiger partial charge in [-0.3, -0.25) is 4.79 Å². The van der Waals surface area contributed by atoms with Crippen LogP contribution in [0, 0.1) is 12.7 Å². The first kappa shape index (κ1) is 26.2. The number of hydrogen-bond donors (Lipinski definition) is 1. The molecule has 0 amide bonds. The van der Waals surface area contributed by atoms with Crippen LogP contribution < -0.4 is 9.47 Å². The largest absolute Gasteiger partial charge is 0.490 e. The minimum atomic E-state index is -0.952. The Morgan fingerprint density at radius 2 is 1.94 bits per heavy atom. The van der Waals surface area contributed by atoms with Gasteiger partial charge in [-0.1, -0.05) is 36.5 Å². The number of carboxylic acid groups (broad SMARTS) is 1. The van der Waals surface area contributed by atoms with Gasteiger partial charge < -0.3 is 14.6 Å². The van der Waals surface area contributed by atoms with E-state index in [1.807, 2.05) is 36.0 Å². The second-order valence-electron chi connectivity index (χ2n) is 8.89. The van der Waals surface area contributed by atoms with Gasteiger partial charge in [-0.05, 0) is 95.3 Å². The molecule has 0 spiro atoms. The maximum absolute atomic E-state index is 14.3. The molecule has 4 rings (SSSR count). The van der Waals surface area contributed by atoms with Gasteiger partial charge in [-0.15, -0.1) is 0 Å². The van der Waals surface area contributed by atoms with Gasteiger partial charge in [0.25, 0.3) is 0 Å². The number of hydrogen-bond acceptors (Lipinski definition) is 5. The molecular weight excluding hydrogens is 495 g/mol. The molecule has 0 saturated carbocycles. The highest BCUT2D eigenvalue weighted by Gasteiger charge is 2.17. The van der Waals surface area contributed by atoms with Gasteiger partial charge in [0.05, 0.1) is 0 Å². The predicted molar refractivity (Wildman–Crippen MR) is 147 cm³/mol. The summed E-state index contributed by atoms with van der Waals surface area (Å²) in [6.07, 6.45) is 2.42. The molecule has 0 bridgehead atoms. The van der Waals surface area contributed by atoms with Gasteiger partial charge in [0.2, 0.25) is 0 Å². The molecule has 3 aromatic carbocycles. The zero-order valence-electron chi connectivity index (χ0n) is 20.2. The molecule has 0 atom stereocenters. The summed E-state index contributed by atoms with van der Waals surface area (Å²) >= 11 is 7.33. The Kier molecular flexibility index (Phi) is 8.99. The van der Waals surface area contributed by atoms with Crippen LogP contribution in [0.1, 0.15) is 41.5 Å². The molecule has 0 aromatic heterocycles. The van der Waals surface area contributed by atoms with E-state index in [9.17, 15) is 9.18 Å². The summed E-state index contributed by atoms with van der Waals surface area (Å²) in [6.45, 7) is 2.34. The summed E-state index contributed by atoms with van der Waals surface area (Å²) in [4.78, 5) is 10.7. The van der Waals surface area contributed by atoms with Crippen molar-refractivity contribution in [1.29, 1.82) is 0 Å². The first-order valence-electron chi connectivity index (χ1n) is 12.0. The Hall–Kier alpha value is -2.90. The molecule has 0 unspecified atom stereocenters. The number of ether oxygens (including phenoxy) is 2. The van der Waals surface area contributed by atoms with Crippen LogP contribution in [0.25, 0.3) is 11.1 Å². The van der Waals surface area contributed by atoms with Crippen LogP contribution >= 0.6 is 24.0 Å². The van der Waals surface area contributed by atoms with E-state index in [1.165, 1.54) is 6.07 Å². The quantitative estimate of drug-likeness (QED) is 0.288. The molecule has 1 N–H and O–H groups in total. The Morgan fingerprint density at radius 1 is 1.14 bits per heavy atom. The number of thioether (sulfide) groups is 1. The van der Waals surface area contributed by atoms with Crippen molar-refractivity contribution in [3.8, 4) is 22.6 Å². The Labute approximate surface area is 220 Å². The number of carbonyl (C=O) groups is 1. The average molecular weight is 525 g/mol. The Morgan fingerprint density at radius 3 is 2.67 bits per heavy atom. The topological polar surface area (TPSA) is 55.8 Å². The third-order valence-electron chi connectivity index (χ3n) is 6.19. The van der Waals surface area contributed by atoms with Crippen LogP contribution in [-0.2, 0) is 17.8 Å². The van der Waals surface area contributed by atoms with E-state index in [0.29, 0.717) is 11.3 Å². The van der Waals surface area contributed by atoms with Crippen LogP contribution in [0.15, 0.2) is 54.6 Å². The normalized spacial score (nSPS) is 13.8. The zero-order valence-corrected chi connectivity index (χ0v) is 21.8. The number of aryl methyl sites for hydroxylation is 2. The van der Waals surface area contributed by atoms with E-state index in [-0.39, 0.29) is 25.6 Å². The Balaban J connectivity index is 1.48. The highest BCUT2D eigenvalue weighted by atomic mass is 32.2. The molecular formula is C29H29FO4S2. The van der Waals surface area contributed by atoms with E-state index in [0.717, 1.165) is 57.9 Å². The maximum Gasteiger partial charge on any atom is 0.303 e. The molecule has 7 heteroatoms. The van der Waals surface area contributed by atoms with Gasteiger partial charge in [0.1, 0.15) is 30.0 Å². The third-order valence-corrected chi connectivity index (χ3v) is 7.49. The van der Waals surface area contributed by atoms with E-state index < -0.39 is 11.8 Å². The van der Waals surface area contributed by atoms with Crippen molar-refractivity contribution >= 4 is 35.3 Å². The second kappa shape index (κ2) is 12.4. The fourth-order valence-electron chi connectivity index (χ4n) is 4.37. The van der Waals surface area contributed by atoms with Crippen LogP contribution in [-0.4, -0.2) is 34.1 Å². The minimum absolute atomic E-state index is 0.111. The molecule has 0 aliphatic carbocycles. The first-order valence-corrected chi connectivity index (χ1v) is 13.6. The summed E-state index contributed by atoms with van der Waals surface area (Å²) in [7, 11) is 0. The van der Waals surface area contributed by atoms with E-state index in [2.05, 4.69) is 19.1 Å². The van der Waals surface area contributed by atoms with Crippen LogP contribution in [0.5, 0.6) is 11.5 Å². The van der Waals surface area contributed by atoms with Gasteiger partial charge in [0, 0.05) is 17.9 Å². The summed E-state index contributed by atoms with van der Waals surface area (Å²) in [5.74, 6) is 2.12. The molecule has 36 heavy (non-hydrogen) atoms. The number of rotatable bonds is 10. The number of aliphatic carboxylic acids is 1. The monoisotopic (exact) mass is 524 g/mol. The molecule has 4 nitrogen and oxygen atoms in total. The molecule has 1 aliphatic heterocycles. The van der Waals surface area contributed by atoms with Crippen LogP contribution in [0.4, 0.5) is 4.39 Å². The number of benzene rings is 3. The molecule has 188 valence electrons. The lowest BCUT2D eigenvalue weighted by Crippen LogP contribution is -2.22. The standard InChI is InChI=1S/C29H29FO4S2/c1-19-13-26(34-24-9-11-36-12-10-24)15-23(18-35)29(19)22-4-2-3-20(14-22)17-33-25-7-5-21(27(30)16-25)6-8-28(31)32/h2-5,7,13-16,18,24H,6,8-12,17H2,1H3,(H,31,32). The smallest absolute Gasteiger partial charge is 0.303 e. The predicted octanol–water partition coefficient (Wildman–Crippen LogP) is 7.02. The van der Waals surface area contributed by atoms with Gasteiger partial charge in [-0.25, -0.2) is 4.39 Å². The van der Waals surface area contributed by atoms with Crippen molar-refractivity contribution in [2.45, 2.75) is 45.3 Å². The highest BCUT2D eigenvalue weighted by molar-refractivity contribution is 7.99. The van der Waals surface area contributed by atoms with Gasteiger partial charge >= 0.3 is 5.97 Å². The van der Waals surface area contributed by atoms with Crippen molar-refractivity contribution in [2.75, 3.05) is 11.5 Å². The van der Waals surface area contributed by atoms with Crippen LogP contribution in [0.3, 0.4) is 0 Å². The maximum atomic E-state index is 14.3. The Bertz CT molecular complexity index is 1240. The molecule has 1 heterocycles. The molecule has 1 fully saturated rings. The lowest BCUT2D eigenvalue weighted by atomic mass is 9.94. The van der Waals surface area contributed by atoms with Crippen molar-refractivity contribution in [3.05, 3.63) is 82.7 Å². The minimum Gasteiger partial charge on any atom is -0.490 e. The van der Waals surface area contributed by atoms with E-state index in [4.69, 9.17) is 26.8 Å². The summed E-state index contributed by atoms with van der Waals surface area (Å²) in [5, 5.41) is 10.5. The molecule has 1 aliphatic rings. The number of carboxylic acids is 1. The van der Waals surface area contributed by atoms with Crippen LogP contribution in [0.2, 0.25) is 0 Å². The third kappa shape index (κ3) is 6.86. The summed E-state index contributed by atoms with van der Waals surface area (Å²) in [6, 6.07) is 16.7. The van der Waals surface area contributed by atoms with Crippen molar-refractivity contribution in [3.63, 3.8) is 0 Å². The van der Waals surface area contributed by atoms with Crippen molar-refractivity contribution in [1.82, 2.24) is 0 Å². The van der Waals surface area contributed by atoms with Crippen molar-refractivity contribution < 1.29 is 23.8 Å². The molecule has 3 aromatic rings. The lowest BCUT2D eigenvalue weighted by Gasteiger charge is -2.24. The fourth-order valence-corrected chi connectivity index (χ4v) is 5.62. The van der Waals surface area contributed by atoms with Gasteiger partial charge in [-0.2, -0.15) is 11.8 Å². The number of thiocarbonyl (C=S) groups is 1. The summed E-state index contributed by atoms with van der Waals surface area (Å²) in [5.41, 5.74) is 5.43. The first-order chi connectivity index (χ1) is 17.4. The lowest BCUT2D eigenvalue weighted by molar-refractivity contribution is -0.136. The SMILES string of the molecule is Cc1cc(OC2CCSCC2)cc(C=S)c1-c1cccc(COc2ccc(CCC(=O)O)c(F)c2)c1.